The molecule has 0 unspecified atom stereocenters. The molecular formula is C18H17Cl3N2O2. The highest BCUT2D eigenvalue weighted by Crippen LogP contribution is 2.40. The normalized spacial score (nSPS) is 11.3. The summed E-state index contributed by atoms with van der Waals surface area (Å²) in [6, 6.07) is 7.12. The molecule has 0 aliphatic heterocycles. The van der Waals surface area contributed by atoms with Crippen LogP contribution in [0.1, 0.15) is 20.8 Å². The van der Waals surface area contributed by atoms with E-state index < -0.39 is 0 Å². The number of rotatable bonds is 5. The summed E-state index contributed by atoms with van der Waals surface area (Å²) in [5.74, 6) is 1.76. The highest BCUT2D eigenvalue weighted by molar-refractivity contribution is 6.42. The lowest BCUT2D eigenvalue weighted by Gasteiger charge is -2.16. The average molecular weight is 400 g/mol. The van der Waals surface area contributed by atoms with Crippen molar-refractivity contribution in [1.29, 1.82) is 0 Å². The van der Waals surface area contributed by atoms with E-state index in [-0.39, 0.29) is 6.10 Å². The van der Waals surface area contributed by atoms with Crippen molar-refractivity contribution in [2.45, 2.75) is 26.9 Å². The van der Waals surface area contributed by atoms with Gasteiger partial charge in [-0.3, -0.25) is 0 Å². The molecule has 1 aromatic heterocycles. The van der Waals surface area contributed by atoms with Crippen molar-refractivity contribution in [2.24, 2.45) is 0 Å². The van der Waals surface area contributed by atoms with Crippen LogP contribution in [0.15, 0.2) is 24.3 Å². The molecule has 2 aromatic carbocycles. The predicted octanol–water partition coefficient (Wildman–Crippen LogP) is 6.38. The zero-order valence-electron chi connectivity index (χ0n) is 14.0. The molecule has 0 fully saturated rings. The molecule has 0 amide bonds. The summed E-state index contributed by atoms with van der Waals surface area (Å²) in [4.78, 5) is 7.79. The Bertz CT molecular complexity index is 883. The molecule has 1 N–H and O–H groups in total. The number of H-pyrrole nitrogens is 1. The topological polar surface area (TPSA) is 47.1 Å². The van der Waals surface area contributed by atoms with Crippen LogP contribution in [0.5, 0.6) is 11.5 Å². The third kappa shape index (κ3) is 3.81. The first-order valence-electron chi connectivity index (χ1n) is 7.87. The molecule has 0 saturated heterocycles. The Labute approximate surface area is 161 Å². The van der Waals surface area contributed by atoms with Gasteiger partial charge in [0.15, 0.2) is 11.5 Å². The quantitative estimate of drug-likeness (QED) is 0.541. The molecule has 0 atom stereocenters. The van der Waals surface area contributed by atoms with Crippen LogP contribution in [0.25, 0.3) is 22.4 Å². The minimum Gasteiger partial charge on any atom is -0.490 e. The zero-order valence-corrected chi connectivity index (χ0v) is 16.3. The van der Waals surface area contributed by atoms with Crippen LogP contribution in [0.4, 0.5) is 0 Å². The Hall–Kier alpha value is -1.62. The van der Waals surface area contributed by atoms with E-state index in [1.807, 2.05) is 26.8 Å². The number of benzene rings is 2. The van der Waals surface area contributed by atoms with Crippen molar-refractivity contribution in [3.63, 3.8) is 0 Å². The second kappa shape index (κ2) is 7.32. The van der Waals surface area contributed by atoms with Crippen LogP contribution in [-0.2, 0) is 0 Å². The fraction of sp³-hybridized carbons (Fsp3) is 0.278. The van der Waals surface area contributed by atoms with Gasteiger partial charge in [-0.2, -0.15) is 0 Å². The fourth-order valence-corrected chi connectivity index (χ4v) is 3.04. The number of imidazole rings is 1. The van der Waals surface area contributed by atoms with Gasteiger partial charge in [-0.25, -0.2) is 4.98 Å². The van der Waals surface area contributed by atoms with E-state index in [1.165, 1.54) is 0 Å². The van der Waals surface area contributed by atoms with E-state index in [0.29, 0.717) is 39.0 Å². The summed E-state index contributed by atoms with van der Waals surface area (Å²) in [5, 5.41) is 1.39. The first-order valence-corrected chi connectivity index (χ1v) is 9.00. The molecule has 0 aliphatic carbocycles. The van der Waals surface area contributed by atoms with Crippen LogP contribution in [0, 0.1) is 0 Å². The Morgan fingerprint density at radius 3 is 2.44 bits per heavy atom. The molecule has 7 heteroatoms. The summed E-state index contributed by atoms with van der Waals surface area (Å²) < 4.78 is 11.5. The number of hydrogen-bond donors (Lipinski definition) is 1. The number of fused-ring (bicyclic) bond motifs is 1. The monoisotopic (exact) mass is 398 g/mol. The van der Waals surface area contributed by atoms with Crippen molar-refractivity contribution in [1.82, 2.24) is 9.97 Å². The van der Waals surface area contributed by atoms with Gasteiger partial charge in [-0.15, -0.1) is 0 Å². The lowest BCUT2D eigenvalue weighted by atomic mass is 10.2. The molecule has 4 nitrogen and oxygen atoms in total. The minimum atomic E-state index is -0.0157. The highest BCUT2D eigenvalue weighted by Gasteiger charge is 2.17. The van der Waals surface area contributed by atoms with E-state index >= 15 is 0 Å². The van der Waals surface area contributed by atoms with Gasteiger partial charge >= 0.3 is 0 Å². The molecule has 3 rings (SSSR count). The summed E-state index contributed by atoms with van der Waals surface area (Å²) in [6.07, 6.45) is -0.0157. The highest BCUT2D eigenvalue weighted by atomic mass is 35.5. The predicted molar refractivity (Wildman–Crippen MR) is 103 cm³/mol. The van der Waals surface area contributed by atoms with Crippen molar-refractivity contribution in [3.05, 3.63) is 39.3 Å². The summed E-state index contributed by atoms with van der Waals surface area (Å²) >= 11 is 18.6. The number of aromatic amines is 1. The van der Waals surface area contributed by atoms with Crippen LogP contribution in [0.3, 0.4) is 0 Å². The van der Waals surface area contributed by atoms with Crippen molar-refractivity contribution < 1.29 is 9.47 Å². The summed E-state index contributed by atoms with van der Waals surface area (Å²) in [5.41, 5.74) is 2.30. The second-order valence-corrected chi connectivity index (χ2v) is 6.98. The maximum absolute atomic E-state index is 6.42. The van der Waals surface area contributed by atoms with Gasteiger partial charge in [0, 0.05) is 5.56 Å². The maximum Gasteiger partial charge on any atom is 0.180 e. The van der Waals surface area contributed by atoms with Crippen LogP contribution < -0.4 is 9.47 Å². The largest absolute Gasteiger partial charge is 0.490 e. The van der Waals surface area contributed by atoms with Crippen molar-refractivity contribution in [3.8, 4) is 22.9 Å². The Morgan fingerprint density at radius 2 is 1.76 bits per heavy atom. The molecule has 1 heterocycles. The molecular weight excluding hydrogens is 383 g/mol. The second-order valence-electron chi connectivity index (χ2n) is 5.75. The average Bonchev–Trinajstić information content (AvgIpc) is 2.93. The Balaban J connectivity index is 2.10. The minimum absolute atomic E-state index is 0.0157. The standard InChI is InChI=1S/C18H17Cl3N2O2/c1-4-24-16-6-10(5-13(21)17(16)25-9(2)3)18-22-14-7-11(19)12(20)8-15(14)23-18/h5-9H,4H2,1-3H3,(H,22,23). The van der Waals surface area contributed by atoms with Gasteiger partial charge in [-0.1, -0.05) is 34.8 Å². The Kier molecular flexibility index (Phi) is 5.32. The first kappa shape index (κ1) is 18.2. The smallest absolute Gasteiger partial charge is 0.180 e. The number of nitrogens with zero attached hydrogens (tertiary/aromatic N) is 1. The first-order chi connectivity index (χ1) is 11.9. The van der Waals surface area contributed by atoms with Crippen LogP contribution >= 0.6 is 34.8 Å². The van der Waals surface area contributed by atoms with E-state index in [1.54, 1.807) is 18.2 Å². The van der Waals surface area contributed by atoms with Gasteiger partial charge in [0.25, 0.3) is 0 Å². The van der Waals surface area contributed by atoms with Crippen LogP contribution in [-0.4, -0.2) is 22.7 Å². The van der Waals surface area contributed by atoms with Gasteiger partial charge < -0.3 is 14.5 Å². The zero-order chi connectivity index (χ0) is 18.1. The number of halogens is 3. The van der Waals surface area contributed by atoms with Gasteiger partial charge in [0.05, 0.1) is 38.8 Å². The summed E-state index contributed by atoms with van der Waals surface area (Å²) in [7, 11) is 0. The molecule has 0 bridgehead atoms. The SMILES string of the molecule is CCOc1cc(-c2nc3cc(Cl)c(Cl)cc3[nH]2)cc(Cl)c1OC(C)C. The number of hydrogen-bond acceptors (Lipinski definition) is 3. The number of aromatic nitrogens is 2. The summed E-state index contributed by atoms with van der Waals surface area (Å²) in [6.45, 7) is 6.28. The lowest BCUT2D eigenvalue weighted by molar-refractivity contribution is 0.224. The van der Waals surface area contributed by atoms with E-state index in [4.69, 9.17) is 44.3 Å². The van der Waals surface area contributed by atoms with Crippen molar-refractivity contribution in [2.75, 3.05) is 6.61 Å². The van der Waals surface area contributed by atoms with Gasteiger partial charge in [0.2, 0.25) is 0 Å². The third-order valence-corrected chi connectivity index (χ3v) is 4.46. The third-order valence-electron chi connectivity index (χ3n) is 3.46. The molecule has 132 valence electrons. The van der Waals surface area contributed by atoms with E-state index in [0.717, 1.165) is 16.6 Å². The molecule has 25 heavy (non-hydrogen) atoms. The molecule has 3 aromatic rings. The Morgan fingerprint density at radius 1 is 1.04 bits per heavy atom. The van der Waals surface area contributed by atoms with Gasteiger partial charge in [-0.05, 0) is 45.0 Å². The van der Waals surface area contributed by atoms with E-state index in [9.17, 15) is 0 Å². The maximum atomic E-state index is 6.42. The fourth-order valence-electron chi connectivity index (χ4n) is 2.46. The van der Waals surface area contributed by atoms with Crippen molar-refractivity contribution >= 4 is 45.8 Å². The van der Waals surface area contributed by atoms with E-state index in [2.05, 4.69) is 9.97 Å². The molecule has 0 saturated carbocycles. The van der Waals surface area contributed by atoms with Gasteiger partial charge in [0.1, 0.15) is 5.82 Å². The number of ether oxygens (including phenoxy) is 2. The molecule has 0 radical (unpaired) electrons. The number of nitrogens with one attached hydrogen (secondary N) is 1. The lowest BCUT2D eigenvalue weighted by Crippen LogP contribution is -2.08. The molecule has 0 aliphatic rings. The molecule has 0 spiro atoms. The van der Waals surface area contributed by atoms with Crippen LogP contribution in [0.2, 0.25) is 15.1 Å².